The Kier molecular flexibility index (Phi) is 5.42. The molecule has 0 bridgehead atoms. The number of aromatic carboxylic acids is 1. The Bertz CT molecular complexity index is 405. The number of nitrogens with zero attached hydrogens (tertiary/aromatic N) is 1. The SMILES string of the molecule is CC(C)CCCCNc1nccc(C(=O)O)c1N. The number of hydrogen-bond donors (Lipinski definition) is 3. The molecule has 100 valence electrons. The zero-order valence-electron chi connectivity index (χ0n) is 10.9. The smallest absolute Gasteiger partial charge is 0.337 e. The van der Waals surface area contributed by atoms with Crippen LogP contribution in [0.15, 0.2) is 12.3 Å². The third-order valence-corrected chi connectivity index (χ3v) is 2.72. The van der Waals surface area contributed by atoms with E-state index in [1.807, 2.05) is 0 Å². The maximum Gasteiger partial charge on any atom is 0.337 e. The van der Waals surface area contributed by atoms with E-state index in [1.54, 1.807) is 0 Å². The molecule has 0 amide bonds. The summed E-state index contributed by atoms with van der Waals surface area (Å²) in [7, 11) is 0. The predicted octanol–water partition coefficient (Wildman–Crippen LogP) is 2.60. The molecule has 0 atom stereocenters. The van der Waals surface area contributed by atoms with Gasteiger partial charge in [0.25, 0.3) is 0 Å². The standard InChI is InChI=1S/C13H21N3O2/c1-9(2)5-3-4-7-15-12-11(14)10(13(17)18)6-8-16-12/h6,8-9H,3-5,7,14H2,1-2H3,(H,15,16)(H,17,18). The first-order valence-electron chi connectivity index (χ1n) is 6.24. The first-order valence-corrected chi connectivity index (χ1v) is 6.24. The first kappa shape index (κ1) is 14.3. The van der Waals surface area contributed by atoms with Crippen LogP contribution >= 0.6 is 0 Å². The maximum atomic E-state index is 10.9. The van der Waals surface area contributed by atoms with Crippen molar-refractivity contribution >= 4 is 17.5 Å². The lowest BCUT2D eigenvalue weighted by atomic mass is 10.1. The van der Waals surface area contributed by atoms with Crippen LogP contribution in [0.1, 0.15) is 43.5 Å². The molecule has 5 nitrogen and oxygen atoms in total. The maximum absolute atomic E-state index is 10.9. The molecule has 4 N–H and O–H groups in total. The number of nitrogens with two attached hydrogens (primary N) is 1. The molecule has 0 aromatic carbocycles. The summed E-state index contributed by atoms with van der Waals surface area (Å²) < 4.78 is 0. The van der Waals surface area contributed by atoms with Gasteiger partial charge in [0.1, 0.15) is 5.82 Å². The second kappa shape index (κ2) is 6.83. The molecule has 0 aliphatic rings. The van der Waals surface area contributed by atoms with Crippen molar-refractivity contribution in [3.05, 3.63) is 17.8 Å². The van der Waals surface area contributed by atoms with Crippen molar-refractivity contribution in [1.82, 2.24) is 4.98 Å². The Labute approximate surface area is 107 Å². The minimum atomic E-state index is -1.03. The summed E-state index contributed by atoms with van der Waals surface area (Å²) in [6.45, 7) is 5.15. The molecule has 0 radical (unpaired) electrons. The van der Waals surface area contributed by atoms with Crippen LogP contribution in [0.4, 0.5) is 11.5 Å². The lowest BCUT2D eigenvalue weighted by Gasteiger charge is -2.10. The second-order valence-electron chi connectivity index (χ2n) is 4.74. The molecular formula is C13H21N3O2. The highest BCUT2D eigenvalue weighted by atomic mass is 16.4. The Balaban J connectivity index is 2.48. The van der Waals surface area contributed by atoms with Crippen LogP contribution in [-0.4, -0.2) is 22.6 Å². The summed E-state index contributed by atoms with van der Waals surface area (Å²) in [5.41, 5.74) is 6.04. The molecule has 5 heteroatoms. The molecule has 0 aliphatic carbocycles. The number of unbranched alkanes of at least 4 members (excludes halogenated alkanes) is 1. The van der Waals surface area contributed by atoms with E-state index in [0.717, 1.165) is 19.4 Å². The fourth-order valence-electron chi connectivity index (χ4n) is 1.68. The third kappa shape index (κ3) is 4.24. The zero-order chi connectivity index (χ0) is 13.5. The molecule has 0 saturated heterocycles. The third-order valence-electron chi connectivity index (χ3n) is 2.72. The van der Waals surface area contributed by atoms with Gasteiger partial charge >= 0.3 is 5.97 Å². The van der Waals surface area contributed by atoms with Gasteiger partial charge in [-0.1, -0.05) is 26.7 Å². The van der Waals surface area contributed by atoms with Gasteiger partial charge in [0.2, 0.25) is 0 Å². The van der Waals surface area contributed by atoms with E-state index < -0.39 is 5.97 Å². The number of carboxylic acids is 1. The summed E-state index contributed by atoms with van der Waals surface area (Å²) in [4.78, 5) is 14.9. The van der Waals surface area contributed by atoms with Crippen molar-refractivity contribution in [1.29, 1.82) is 0 Å². The molecule has 0 saturated carbocycles. The van der Waals surface area contributed by atoms with Crippen LogP contribution < -0.4 is 11.1 Å². The highest BCUT2D eigenvalue weighted by Crippen LogP contribution is 2.19. The first-order chi connectivity index (χ1) is 8.52. The number of anilines is 2. The molecule has 0 fully saturated rings. The molecule has 0 spiro atoms. The van der Waals surface area contributed by atoms with Crippen LogP contribution in [0.25, 0.3) is 0 Å². The van der Waals surface area contributed by atoms with E-state index in [9.17, 15) is 4.79 Å². The highest BCUT2D eigenvalue weighted by molar-refractivity contribution is 5.96. The normalized spacial score (nSPS) is 10.6. The zero-order valence-corrected chi connectivity index (χ0v) is 10.9. The van der Waals surface area contributed by atoms with Gasteiger partial charge in [-0.05, 0) is 18.4 Å². The largest absolute Gasteiger partial charge is 0.478 e. The van der Waals surface area contributed by atoms with Gasteiger partial charge in [-0.25, -0.2) is 9.78 Å². The Hall–Kier alpha value is -1.78. The van der Waals surface area contributed by atoms with Crippen molar-refractivity contribution in [2.24, 2.45) is 5.92 Å². The number of aromatic nitrogens is 1. The van der Waals surface area contributed by atoms with Gasteiger partial charge in [-0.15, -0.1) is 0 Å². The van der Waals surface area contributed by atoms with Crippen LogP contribution in [0, 0.1) is 5.92 Å². The predicted molar refractivity (Wildman–Crippen MR) is 72.8 cm³/mol. The summed E-state index contributed by atoms with van der Waals surface area (Å²) >= 11 is 0. The second-order valence-corrected chi connectivity index (χ2v) is 4.74. The number of nitrogen functional groups attached to an aromatic ring is 1. The van der Waals surface area contributed by atoms with Crippen molar-refractivity contribution in [3.8, 4) is 0 Å². The van der Waals surface area contributed by atoms with Crippen LogP contribution in [0.3, 0.4) is 0 Å². The minimum absolute atomic E-state index is 0.0923. The lowest BCUT2D eigenvalue weighted by molar-refractivity contribution is 0.0698. The van der Waals surface area contributed by atoms with E-state index in [2.05, 4.69) is 24.1 Å². The summed E-state index contributed by atoms with van der Waals surface area (Å²) in [5.74, 6) is 0.140. The Morgan fingerprint density at radius 3 is 2.83 bits per heavy atom. The Morgan fingerprint density at radius 2 is 2.22 bits per heavy atom. The number of pyridine rings is 1. The number of carboxylic acid groups (broad SMARTS) is 1. The van der Waals surface area contributed by atoms with Crippen molar-refractivity contribution in [2.45, 2.75) is 33.1 Å². The minimum Gasteiger partial charge on any atom is -0.478 e. The topological polar surface area (TPSA) is 88.2 Å². The molecular weight excluding hydrogens is 230 g/mol. The molecule has 1 rings (SSSR count). The molecule has 0 aliphatic heterocycles. The molecule has 0 unspecified atom stereocenters. The van der Waals surface area contributed by atoms with Crippen LogP contribution in [0.2, 0.25) is 0 Å². The van der Waals surface area contributed by atoms with Gasteiger partial charge in [0.05, 0.1) is 11.3 Å². The fourth-order valence-corrected chi connectivity index (χ4v) is 1.68. The lowest BCUT2D eigenvalue weighted by Crippen LogP contribution is -2.10. The van der Waals surface area contributed by atoms with Gasteiger partial charge < -0.3 is 16.2 Å². The quantitative estimate of drug-likeness (QED) is 0.648. The van der Waals surface area contributed by atoms with Crippen molar-refractivity contribution < 1.29 is 9.90 Å². The van der Waals surface area contributed by atoms with E-state index in [4.69, 9.17) is 10.8 Å². The number of nitrogens with one attached hydrogen (secondary N) is 1. The number of carbonyl (C=O) groups is 1. The molecule has 1 heterocycles. The van der Waals surface area contributed by atoms with E-state index in [1.165, 1.54) is 18.7 Å². The summed E-state index contributed by atoms with van der Waals surface area (Å²) in [6, 6.07) is 1.40. The van der Waals surface area contributed by atoms with E-state index in [-0.39, 0.29) is 11.3 Å². The van der Waals surface area contributed by atoms with E-state index in [0.29, 0.717) is 11.7 Å². The van der Waals surface area contributed by atoms with E-state index >= 15 is 0 Å². The molecule has 18 heavy (non-hydrogen) atoms. The van der Waals surface area contributed by atoms with Crippen molar-refractivity contribution in [3.63, 3.8) is 0 Å². The average Bonchev–Trinajstić information content (AvgIpc) is 2.30. The van der Waals surface area contributed by atoms with Gasteiger partial charge in [0, 0.05) is 12.7 Å². The van der Waals surface area contributed by atoms with Crippen molar-refractivity contribution in [2.75, 3.05) is 17.6 Å². The highest BCUT2D eigenvalue weighted by Gasteiger charge is 2.11. The molecule has 1 aromatic rings. The summed E-state index contributed by atoms with van der Waals surface area (Å²) in [5, 5.41) is 12.0. The van der Waals surface area contributed by atoms with Crippen LogP contribution in [-0.2, 0) is 0 Å². The van der Waals surface area contributed by atoms with Gasteiger partial charge in [0.15, 0.2) is 0 Å². The monoisotopic (exact) mass is 251 g/mol. The fraction of sp³-hybridized carbons (Fsp3) is 0.538. The Morgan fingerprint density at radius 1 is 1.50 bits per heavy atom. The van der Waals surface area contributed by atoms with Crippen LogP contribution in [0.5, 0.6) is 0 Å². The molecule has 1 aromatic heterocycles. The van der Waals surface area contributed by atoms with Gasteiger partial charge in [-0.3, -0.25) is 0 Å². The number of hydrogen-bond acceptors (Lipinski definition) is 4. The van der Waals surface area contributed by atoms with Gasteiger partial charge in [-0.2, -0.15) is 0 Å². The number of rotatable bonds is 7. The average molecular weight is 251 g/mol. The summed E-state index contributed by atoms with van der Waals surface area (Å²) in [6.07, 6.45) is 4.82.